The number of alkyl halides is 2. The summed E-state index contributed by atoms with van der Waals surface area (Å²) in [4.78, 5) is 6.80. The van der Waals surface area contributed by atoms with E-state index in [0.29, 0.717) is 23.4 Å². The molecule has 1 aliphatic carbocycles. The molecule has 0 aliphatic heterocycles. The maximum absolute atomic E-state index is 15.6. The van der Waals surface area contributed by atoms with Gasteiger partial charge in [0.2, 0.25) is 0 Å². The number of sulfonamides is 1. The molecular weight excluding hydrogens is 606 g/mol. The molecule has 2 unspecified atom stereocenters. The number of aromatic nitrogens is 4. The molecule has 2 aromatic heterocycles. The van der Waals surface area contributed by atoms with Crippen molar-refractivity contribution in [3.8, 4) is 17.2 Å². The summed E-state index contributed by atoms with van der Waals surface area (Å²) in [5.41, 5.74) is 0.546. The van der Waals surface area contributed by atoms with E-state index in [1.165, 1.54) is 50.5 Å². The Hall–Kier alpha value is -4.40. The van der Waals surface area contributed by atoms with E-state index in [0.717, 1.165) is 10.6 Å². The summed E-state index contributed by atoms with van der Waals surface area (Å²) in [6.45, 7) is -0.380. The number of methoxy groups -OCH3 is 2. The molecule has 234 valence electrons. The SMILES string of the molecule is COc1ccc(CN(c2ccncn2)S(=O)(=O)c2cc(F)c(OC3CCCC(F)(F)C3c3ccnn3C)cc2F)c(OC)c1. The quantitative estimate of drug-likeness (QED) is 0.218. The number of hydrogen-bond donors (Lipinski definition) is 0. The number of nitrogens with zero attached hydrogens (tertiary/aromatic N) is 5. The summed E-state index contributed by atoms with van der Waals surface area (Å²) in [6, 6.07) is 8.44. The van der Waals surface area contributed by atoms with Gasteiger partial charge in [0.15, 0.2) is 11.6 Å². The molecule has 1 fully saturated rings. The molecule has 4 aromatic rings. The van der Waals surface area contributed by atoms with E-state index >= 15 is 17.6 Å². The number of rotatable bonds is 10. The molecule has 5 rings (SSSR count). The van der Waals surface area contributed by atoms with E-state index in [1.807, 2.05) is 0 Å². The van der Waals surface area contributed by atoms with Gasteiger partial charge in [-0.25, -0.2) is 40.3 Å². The van der Waals surface area contributed by atoms with Gasteiger partial charge in [-0.05, 0) is 31.0 Å². The fraction of sp³-hybridized carbons (Fsp3) is 0.345. The van der Waals surface area contributed by atoms with Crippen LogP contribution in [0.15, 0.2) is 66.1 Å². The van der Waals surface area contributed by atoms with E-state index in [2.05, 4.69) is 15.1 Å². The zero-order chi connectivity index (χ0) is 31.6. The molecule has 10 nitrogen and oxygen atoms in total. The smallest absolute Gasteiger partial charge is 0.268 e. The lowest BCUT2D eigenvalue weighted by Crippen LogP contribution is -2.43. The van der Waals surface area contributed by atoms with Gasteiger partial charge >= 0.3 is 0 Å². The second-order valence-corrected chi connectivity index (χ2v) is 12.0. The van der Waals surface area contributed by atoms with Crippen LogP contribution in [0.5, 0.6) is 17.2 Å². The lowest BCUT2D eigenvalue weighted by atomic mass is 9.80. The molecule has 0 amide bonds. The van der Waals surface area contributed by atoms with Crippen molar-refractivity contribution in [2.75, 3.05) is 18.5 Å². The van der Waals surface area contributed by atoms with E-state index in [-0.39, 0.29) is 36.6 Å². The number of benzene rings is 2. The summed E-state index contributed by atoms with van der Waals surface area (Å²) in [7, 11) is -0.471. The third-order valence-corrected chi connectivity index (χ3v) is 9.23. The molecule has 1 aliphatic rings. The molecule has 15 heteroatoms. The van der Waals surface area contributed by atoms with Crippen molar-refractivity contribution in [1.82, 2.24) is 19.7 Å². The zero-order valence-corrected chi connectivity index (χ0v) is 24.8. The van der Waals surface area contributed by atoms with Gasteiger partial charge in [0.1, 0.15) is 46.4 Å². The first-order chi connectivity index (χ1) is 21.0. The van der Waals surface area contributed by atoms with Gasteiger partial charge in [0.05, 0.1) is 26.5 Å². The van der Waals surface area contributed by atoms with Crippen molar-refractivity contribution in [3.05, 3.63) is 84.1 Å². The lowest BCUT2D eigenvalue weighted by Gasteiger charge is -2.38. The van der Waals surface area contributed by atoms with Crippen LogP contribution >= 0.6 is 0 Å². The second-order valence-electron chi connectivity index (χ2n) is 10.1. The molecular formula is C29H29F4N5O5S. The summed E-state index contributed by atoms with van der Waals surface area (Å²) >= 11 is 0. The van der Waals surface area contributed by atoms with Gasteiger partial charge in [0, 0.05) is 55.7 Å². The summed E-state index contributed by atoms with van der Waals surface area (Å²) in [5.74, 6) is -7.36. The van der Waals surface area contributed by atoms with Crippen molar-refractivity contribution in [2.24, 2.45) is 7.05 Å². The Kier molecular flexibility index (Phi) is 8.68. The fourth-order valence-corrected chi connectivity index (χ4v) is 6.75. The molecule has 44 heavy (non-hydrogen) atoms. The highest BCUT2D eigenvalue weighted by Gasteiger charge is 2.50. The average Bonchev–Trinajstić information content (AvgIpc) is 3.42. The van der Waals surface area contributed by atoms with Gasteiger partial charge in [0.25, 0.3) is 15.9 Å². The Morgan fingerprint density at radius 2 is 1.82 bits per heavy atom. The Morgan fingerprint density at radius 3 is 2.48 bits per heavy atom. The monoisotopic (exact) mass is 635 g/mol. The topological polar surface area (TPSA) is 109 Å². The summed E-state index contributed by atoms with van der Waals surface area (Å²) < 4.78 is 107. The zero-order valence-electron chi connectivity index (χ0n) is 24.0. The molecule has 2 heterocycles. The number of anilines is 1. The van der Waals surface area contributed by atoms with E-state index in [4.69, 9.17) is 14.2 Å². The van der Waals surface area contributed by atoms with Gasteiger partial charge in [-0.1, -0.05) is 0 Å². The first-order valence-electron chi connectivity index (χ1n) is 13.5. The van der Waals surface area contributed by atoms with Crippen molar-refractivity contribution in [3.63, 3.8) is 0 Å². The number of hydrogen-bond acceptors (Lipinski definition) is 8. The number of aryl methyl sites for hydroxylation is 1. The lowest BCUT2D eigenvalue weighted by molar-refractivity contribution is -0.0957. The third kappa shape index (κ3) is 6.00. The Bertz CT molecular complexity index is 1740. The molecule has 2 aromatic carbocycles. The van der Waals surface area contributed by atoms with Crippen LogP contribution in [0.4, 0.5) is 23.4 Å². The molecule has 0 N–H and O–H groups in total. The van der Waals surface area contributed by atoms with Crippen LogP contribution in [0.1, 0.15) is 36.4 Å². The summed E-state index contributed by atoms with van der Waals surface area (Å²) in [5, 5.41) is 3.96. The highest BCUT2D eigenvalue weighted by atomic mass is 32.2. The first-order valence-corrected chi connectivity index (χ1v) is 14.9. The van der Waals surface area contributed by atoms with Gasteiger partial charge in [-0.2, -0.15) is 5.10 Å². The van der Waals surface area contributed by atoms with Crippen molar-refractivity contribution in [1.29, 1.82) is 0 Å². The largest absolute Gasteiger partial charge is 0.497 e. The Labute approximate surface area is 251 Å². The van der Waals surface area contributed by atoms with Crippen molar-refractivity contribution in [2.45, 2.75) is 48.6 Å². The molecule has 0 radical (unpaired) electrons. The minimum atomic E-state index is -4.81. The van der Waals surface area contributed by atoms with Crippen LogP contribution in [0.25, 0.3) is 0 Å². The van der Waals surface area contributed by atoms with Crippen LogP contribution in [-0.2, 0) is 23.6 Å². The summed E-state index contributed by atoms with van der Waals surface area (Å²) in [6.07, 6.45) is 2.35. The van der Waals surface area contributed by atoms with Crippen LogP contribution in [0, 0.1) is 11.6 Å². The standard InChI is InChI=1S/C29H29F4N5O5S/c1-37-22(8-12-36-37)28-23(5-4-10-29(28,32)33)43-25-14-21(31)26(15-20(25)30)44(39,40)38(27-9-11-34-17-35-27)16-18-6-7-19(41-2)13-24(18)42-3/h6-9,11-15,17,23,28H,4-5,10,16H2,1-3H3. The second kappa shape index (κ2) is 12.3. The molecule has 0 bridgehead atoms. The van der Waals surface area contributed by atoms with E-state index in [1.54, 1.807) is 18.2 Å². The highest BCUT2D eigenvalue weighted by molar-refractivity contribution is 7.92. The van der Waals surface area contributed by atoms with Crippen molar-refractivity contribution >= 4 is 15.8 Å². The van der Waals surface area contributed by atoms with Gasteiger partial charge in [-0.15, -0.1) is 0 Å². The highest BCUT2D eigenvalue weighted by Crippen LogP contribution is 2.46. The van der Waals surface area contributed by atoms with Crippen LogP contribution in [0.2, 0.25) is 0 Å². The van der Waals surface area contributed by atoms with Crippen LogP contribution in [0.3, 0.4) is 0 Å². The predicted octanol–water partition coefficient (Wildman–Crippen LogP) is 5.25. The van der Waals surface area contributed by atoms with E-state index in [9.17, 15) is 8.42 Å². The molecule has 0 saturated heterocycles. The van der Waals surface area contributed by atoms with Crippen LogP contribution in [-0.4, -0.2) is 54.4 Å². The van der Waals surface area contributed by atoms with Crippen molar-refractivity contribution < 1.29 is 40.2 Å². The normalized spacial score (nSPS) is 18.1. The first kappa shape index (κ1) is 31.0. The minimum Gasteiger partial charge on any atom is -0.497 e. The minimum absolute atomic E-state index is 0.0886. The average molecular weight is 636 g/mol. The van der Waals surface area contributed by atoms with Crippen LogP contribution < -0.4 is 18.5 Å². The Morgan fingerprint density at radius 1 is 1.02 bits per heavy atom. The molecule has 1 saturated carbocycles. The van der Waals surface area contributed by atoms with E-state index < -0.39 is 56.7 Å². The molecule has 0 spiro atoms. The third-order valence-electron chi connectivity index (χ3n) is 7.47. The maximum Gasteiger partial charge on any atom is 0.268 e. The Balaban J connectivity index is 1.51. The van der Waals surface area contributed by atoms with Gasteiger partial charge < -0.3 is 14.2 Å². The number of ether oxygens (including phenoxy) is 3. The van der Waals surface area contributed by atoms with Gasteiger partial charge in [-0.3, -0.25) is 4.68 Å². The fourth-order valence-electron chi connectivity index (χ4n) is 5.29. The molecule has 2 atom stereocenters. The maximum atomic E-state index is 15.6. The number of halogens is 4. The predicted molar refractivity (Wildman–Crippen MR) is 150 cm³/mol.